The number of nitrogens with zero attached hydrogens (tertiary/aromatic N) is 4. The Balaban J connectivity index is 2.79. The van der Waals surface area contributed by atoms with E-state index in [0.717, 1.165) is 0 Å². The second-order valence-electron chi connectivity index (χ2n) is 3.82. The van der Waals surface area contributed by atoms with Gasteiger partial charge in [0.1, 0.15) is 17.2 Å². The van der Waals surface area contributed by atoms with Crippen LogP contribution in [0.4, 0.5) is 11.6 Å². The average molecular weight is 272 g/mol. The van der Waals surface area contributed by atoms with Crippen molar-refractivity contribution in [2.75, 3.05) is 37.3 Å². The number of anilines is 2. The van der Waals surface area contributed by atoms with E-state index in [4.69, 9.17) is 17.3 Å². The fraction of sp³-hybridized carbons (Fsp3) is 0.545. The summed E-state index contributed by atoms with van der Waals surface area (Å²) in [6.45, 7) is 5.46. The van der Waals surface area contributed by atoms with E-state index in [9.17, 15) is 4.79 Å². The molecule has 0 aromatic carbocycles. The number of nitrogens with two attached hydrogens (primary N) is 1. The van der Waals surface area contributed by atoms with Gasteiger partial charge in [0.15, 0.2) is 5.82 Å². The summed E-state index contributed by atoms with van der Waals surface area (Å²) in [4.78, 5) is 23.2. The third kappa shape index (κ3) is 3.22. The second kappa shape index (κ2) is 6.39. The molecule has 6 nitrogen and oxygen atoms in total. The zero-order chi connectivity index (χ0) is 13.7. The highest BCUT2D eigenvalue weighted by Crippen LogP contribution is 2.25. The Hall–Kier alpha value is -1.56. The van der Waals surface area contributed by atoms with E-state index in [1.54, 1.807) is 16.8 Å². The molecule has 0 bridgehead atoms. The zero-order valence-corrected chi connectivity index (χ0v) is 11.6. The molecule has 0 unspecified atom stereocenters. The van der Waals surface area contributed by atoms with Crippen molar-refractivity contribution in [1.82, 2.24) is 14.9 Å². The van der Waals surface area contributed by atoms with Gasteiger partial charge in [0.25, 0.3) is 0 Å². The van der Waals surface area contributed by atoms with Crippen LogP contribution in [0, 0.1) is 0 Å². The van der Waals surface area contributed by atoms with E-state index in [1.807, 2.05) is 13.8 Å². The summed E-state index contributed by atoms with van der Waals surface area (Å²) in [5.74, 6) is 0.698. The fourth-order valence-corrected chi connectivity index (χ4v) is 1.84. The number of aromatic nitrogens is 2. The van der Waals surface area contributed by atoms with Crippen molar-refractivity contribution in [3.05, 3.63) is 11.3 Å². The summed E-state index contributed by atoms with van der Waals surface area (Å²) in [5.41, 5.74) is 5.60. The lowest BCUT2D eigenvalue weighted by atomic mass is 10.4. The first-order valence-electron chi connectivity index (χ1n) is 5.76. The quantitative estimate of drug-likeness (QED) is 0.865. The molecule has 1 heterocycles. The maximum absolute atomic E-state index is 12.0. The molecule has 0 aliphatic carbocycles. The van der Waals surface area contributed by atoms with Gasteiger partial charge in [-0.1, -0.05) is 11.6 Å². The summed E-state index contributed by atoms with van der Waals surface area (Å²) in [7, 11) is 1.75. The largest absolute Gasteiger partial charge is 0.382 e. The maximum Gasteiger partial charge on any atom is 0.242 e. The molecular weight excluding hydrogens is 254 g/mol. The van der Waals surface area contributed by atoms with Crippen LogP contribution in [0.3, 0.4) is 0 Å². The SMILES string of the molecule is CCN(CC)C(=O)CN(C)c1ncnc(N)c1Cl. The molecule has 0 spiro atoms. The van der Waals surface area contributed by atoms with Crippen LogP contribution < -0.4 is 10.6 Å². The Labute approximate surface area is 112 Å². The van der Waals surface area contributed by atoms with Crippen molar-refractivity contribution in [3.8, 4) is 0 Å². The lowest BCUT2D eigenvalue weighted by Gasteiger charge is -2.24. The highest BCUT2D eigenvalue weighted by Gasteiger charge is 2.16. The number of hydrogen-bond donors (Lipinski definition) is 1. The summed E-state index contributed by atoms with van der Waals surface area (Å²) < 4.78 is 0. The molecule has 18 heavy (non-hydrogen) atoms. The predicted molar refractivity (Wildman–Crippen MR) is 72.7 cm³/mol. The molecular formula is C11H18ClN5O. The van der Waals surface area contributed by atoms with Crippen LogP contribution in [0.15, 0.2) is 6.33 Å². The molecule has 0 saturated heterocycles. The van der Waals surface area contributed by atoms with E-state index < -0.39 is 0 Å². The Bertz CT molecular complexity index is 422. The molecule has 0 fully saturated rings. The standard InChI is InChI=1S/C11H18ClN5O/c1-4-17(5-2)8(18)6-16(3)11-9(12)10(13)14-7-15-11/h7H,4-6H2,1-3H3,(H2,13,14,15). The third-order valence-corrected chi connectivity index (χ3v) is 3.01. The number of rotatable bonds is 5. The van der Waals surface area contributed by atoms with Crippen LogP contribution in [0.25, 0.3) is 0 Å². The van der Waals surface area contributed by atoms with Crippen LogP contribution in [-0.4, -0.2) is 47.5 Å². The van der Waals surface area contributed by atoms with Gasteiger partial charge in [0.2, 0.25) is 5.91 Å². The molecule has 1 aromatic rings. The topological polar surface area (TPSA) is 75.4 Å². The minimum absolute atomic E-state index is 0.0238. The molecule has 0 atom stereocenters. The van der Waals surface area contributed by atoms with E-state index in [-0.39, 0.29) is 23.3 Å². The Kier molecular flexibility index (Phi) is 5.15. The molecule has 1 amide bonds. The van der Waals surface area contributed by atoms with Crippen LogP contribution in [0.5, 0.6) is 0 Å². The third-order valence-electron chi connectivity index (χ3n) is 2.65. The van der Waals surface area contributed by atoms with Crippen molar-refractivity contribution in [1.29, 1.82) is 0 Å². The van der Waals surface area contributed by atoms with Crippen LogP contribution in [0.1, 0.15) is 13.8 Å². The van der Waals surface area contributed by atoms with Gasteiger partial charge < -0.3 is 15.5 Å². The lowest BCUT2D eigenvalue weighted by molar-refractivity contribution is -0.129. The molecule has 7 heteroatoms. The van der Waals surface area contributed by atoms with Crippen molar-refractivity contribution in [2.45, 2.75) is 13.8 Å². The molecule has 2 N–H and O–H groups in total. The minimum Gasteiger partial charge on any atom is -0.382 e. The molecule has 0 aliphatic heterocycles. The van der Waals surface area contributed by atoms with E-state index >= 15 is 0 Å². The van der Waals surface area contributed by atoms with Crippen LogP contribution in [-0.2, 0) is 4.79 Å². The summed E-state index contributed by atoms with van der Waals surface area (Å²) in [6.07, 6.45) is 1.33. The van der Waals surface area contributed by atoms with Crippen molar-refractivity contribution < 1.29 is 4.79 Å². The Morgan fingerprint density at radius 2 is 2.00 bits per heavy atom. The number of carbonyl (C=O) groups excluding carboxylic acids is 1. The van der Waals surface area contributed by atoms with Gasteiger partial charge in [0, 0.05) is 20.1 Å². The average Bonchev–Trinajstić information content (AvgIpc) is 2.34. The highest BCUT2D eigenvalue weighted by atomic mass is 35.5. The van der Waals surface area contributed by atoms with Crippen molar-refractivity contribution >= 4 is 29.1 Å². The summed E-state index contributed by atoms with van der Waals surface area (Å²) >= 11 is 6.00. The van der Waals surface area contributed by atoms with Gasteiger partial charge in [-0.3, -0.25) is 4.79 Å². The Morgan fingerprint density at radius 1 is 1.39 bits per heavy atom. The van der Waals surface area contributed by atoms with Crippen molar-refractivity contribution in [2.24, 2.45) is 0 Å². The number of nitrogen functional groups attached to an aromatic ring is 1. The summed E-state index contributed by atoms with van der Waals surface area (Å²) in [6, 6.07) is 0. The smallest absolute Gasteiger partial charge is 0.242 e. The number of hydrogen-bond acceptors (Lipinski definition) is 5. The molecule has 1 aromatic heterocycles. The number of carbonyl (C=O) groups is 1. The van der Waals surface area contributed by atoms with Gasteiger partial charge >= 0.3 is 0 Å². The van der Waals surface area contributed by atoms with Gasteiger partial charge in [-0.05, 0) is 13.8 Å². The normalized spacial score (nSPS) is 10.2. The van der Waals surface area contributed by atoms with Gasteiger partial charge in [-0.2, -0.15) is 0 Å². The van der Waals surface area contributed by atoms with Crippen LogP contribution >= 0.6 is 11.6 Å². The Morgan fingerprint density at radius 3 is 2.56 bits per heavy atom. The molecule has 100 valence electrons. The van der Waals surface area contributed by atoms with Crippen molar-refractivity contribution in [3.63, 3.8) is 0 Å². The molecule has 0 radical (unpaired) electrons. The number of halogens is 1. The first-order valence-corrected chi connectivity index (χ1v) is 6.13. The van der Waals surface area contributed by atoms with Gasteiger partial charge in [0.05, 0.1) is 6.54 Å². The van der Waals surface area contributed by atoms with Gasteiger partial charge in [-0.15, -0.1) is 0 Å². The van der Waals surface area contributed by atoms with E-state index in [0.29, 0.717) is 18.9 Å². The fourth-order valence-electron chi connectivity index (χ4n) is 1.59. The summed E-state index contributed by atoms with van der Waals surface area (Å²) in [5, 5.41) is 0.271. The predicted octanol–water partition coefficient (Wildman–Crippen LogP) is 1.02. The highest BCUT2D eigenvalue weighted by molar-refractivity contribution is 6.35. The second-order valence-corrected chi connectivity index (χ2v) is 4.20. The molecule has 0 aliphatic rings. The maximum atomic E-state index is 12.0. The van der Waals surface area contributed by atoms with E-state index in [2.05, 4.69) is 9.97 Å². The minimum atomic E-state index is 0.0238. The first-order chi connectivity index (χ1) is 8.51. The zero-order valence-electron chi connectivity index (χ0n) is 10.9. The first kappa shape index (κ1) is 14.5. The van der Waals surface area contributed by atoms with Crippen LogP contribution in [0.2, 0.25) is 5.02 Å². The molecule has 1 rings (SSSR count). The number of amides is 1. The number of likely N-dealkylation sites (N-methyl/N-ethyl adjacent to an activating group) is 2. The molecule has 0 saturated carbocycles. The monoisotopic (exact) mass is 271 g/mol. The van der Waals surface area contributed by atoms with Gasteiger partial charge in [-0.25, -0.2) is 9.97 Å². The van der Waals surface area contributed by atoms with E-state index in [1.165, 1.54) is 6.33 Å². The lowest BCUT2D eigenvalue weighted by Crippen LogP contribution is -2.39.